The van der Waals surface area contributed by atoms with Gasteiger partial charge >= 0.3 is 5.97 Å². The second-order valence-electron chi connectivity index (χ2n) is 5.65. The zero-order valence-corrected chi connectivity index (χ0v) is 13.1. The van der Waals surface area contributed by atoms with Crippen LogP contribution in [0, 0.1) is 5.92 Å². The minimum atomic E-state index is -0.590. The molecular formula is C17H25NO3. The highest BCUT2D eigenvalue weighted by atomic mass is 16.5. The van der Waals surface area contributed by atoms with Crippen molar-refractivity contribution in [1.82, 2.24) is 5.32 Å². The van der Waals surface area contributed by atoms with E-state index in [4.69, 9.17) is 4.74 Å². The average molecular weight is 291 g/mol. The van der Waals surface area contributed by atoms with Crippen LogP contribution in [0.15, 0.2) is 30.3 Å². The van der Waals surface area contributed by atoms with Crippen LogP contribution >= 0.6 is 0 Å². The largest absolute Gasteiger partial charge is 0.464 e. The third-order valence-electron chi connectivity index (χ3n) is 3.00. The van der Waals surface area contributed by atoms with Gasteiger partial charge in [0, 0.05) is 6.42 Å². The molecule has 0 saturated carbocycles. The molecule has 0 fully saturated rings. The van der Waals surface area contributed by atoms with Crippen LogP contribution in [0.1, 0.15) is 39.2 Å². The number of benzene rings is 1. The Bertz CT molecular complexity index is 443. The molecule has 1 aromatic rings. The third-order valence-corrected chi connectivity index (χ3v) is 3.00. The molecule has 0 aliphatic heterocycles. The number of hydrogen-bond donors (Lipinski definition) is 1. The lowest BCUT2D eigenvalue weighted by Gasteiger charge is -2.14. The zero-order valence-electron chi connectivity index (χ0n) is 13.1. The fraction of sp³-hybridized carbons (Fsp3) is 0.529. The van der Waals surface area contributed by atoms with Crippen LogP contribution in [-0.4, -0.2) is 24.5 Å². The van der Waals surface area contributed by atoms with Crippen molar-refractivity contribution in [3.63, 3.8) is 0 Å². The minimum absolute atomic E-state index is 0.111. The highest BCUT2D eigenvalue weighted by molar-refractivity contribution is 5.84. The maximum Gasteiger partial charge on any atom is 0.328 e. The van der Waals surface area contributed by atoms with Crippen LogP contribution in [0.25, 0.3) is 0 Å². The number of esters is 1. The molecule has 1 aromatic carbocycles. The molecule has 1 rings (SSSR count). The number of hydrogen-bond acceptors (Lipinski definition) is 3. The summed E-state index contributed by atoms with van der Waals surface area (Å²) >= 11 is 0. The number of ether oxygens (including phenoxy) is 1. The molecular weight excluding hydrogens is 266 g/mol. The summed E-state index contributed by atoms with van der Waals surface area (Å²) in [6, 6.07) is 9.45. The summed E-state index contributed by atoms with van der Waals surface area (Å²) in [5, 5.41) is 2.68. The van der Waals surface area contributed by atoms with E-state index in [0.29, 0.717) is 18.9 Å². The first kappa shape index (κ1) is 17.2. The second-order valence-corrected chi connectivity index (χ2v) is 5.65. The molecule has 1 atom stereocenters. The predicted molar refractivity (Wildman–Crippen MR) is 82.8 cm³/mol. The third kappa shape index (κ3) is 7.49. The Hall–Kier alpha value is -1.84. The maximum absolute atomic E-state index is 11.8. The Morgan fingerprint density at radius 2 is 1.81 bits per heavy atom. The predicted octanol–water partition coefficient (Wildman–Crippen LogP) is 2.71. The molecule has 0 aromatic heterocycles. The van der Waals surface area contributed by atoms with Gasteiger partial charge in [-0.15, -0.1) is 0 Å². The molecule has 116 valence electrons. The van der Waals surface area contributed by atoms with Crippen LogP contribution in [0.4, 0.5) is 0 Å². The van der Waals surface area contributed by atoms with Crippen molar-refractivity contribution < 1.29 is 14.3 Å². The van der Waals surface area contributed by atoms with Gasteiger partial charge in [-0.05, 0) is 31.2 Å². The van der Waals surface area contributed by atoms with Gasteiger partial charge < -0.3 is 10.1 Å². The van der Waals surface area contributed by atoms with E-state index in [2.05, 4.69) is 5.32 Å². The maximum atomic E-state index is 11.8. The molecule has 0 bridgehead atoms. The Labute approximate surface area is 126 Å². The lowest BCUT2D eigenvalue weighted by Crippen LogP contribution is -2.39. The molecule has 21 heavy (non-hydrogen) atoms. The Morgan fingerprint density at radius 1 is 1.14 bits per heavy atom. The summed E-state index contributed by atoms with van der Waals surface area (Å²) in [6.45, 7) is 5.98. The van der Waals surface area contributed by atoms with E-state index in [-0.39, 0.29) is 11.9 Å². The summed E-state index contributed by atoms with van der Waals surface area (Å²) in [6.07, 6.45) is 2.04. The normalized spacial score (nSPS) is 12.0. The SMILES string of the molecule is CC(C)COC(=O)C(C)NC(=O)CCCc1ccccc1. The highest BCUT2D eigenvalue weighted by Gasteiger charge is 2.17. The van der Waals surface area contributed by atoms with Crippen LogP contribution in [-0.2, 0) is 20.7 Å². The van der Waals surface area contributed by atoms with Crippen molar-refractivity contribution in [1.29, 1.82) is 0 Å². The van der Waals surface area contributed by atoms with Gasteiger partial charge in [0.05, 0.1) is 6.61 Å². The number of aryl methyl sites for hydroxylation is 1. The topological polar surface area (TPSA) is 55.4 Å². The summed E-state index contributed by atoms with van der Waals surface area (Å²) in [5.74, 6) is -0.192. The Balaban J connectivity index is 2.22. The lowest BCUT2D eigenvalue weighted by atomic mass is 10.1. The van der Waals surface area contributed by atoms with Crippen molar-refractivity contribution in [2.45, 2.75) is 46.1 Å². The molecule has 1 amide bonds. The smallest absolute Gasteiger partial charge is 0.328 e. The molecule has 0 aliphatic rings. The van der Waals surface area contributed by atoms with Crippen molar-refractivity contribution in [2.75, 3.05) is 6.61 Å². The monoisotopic (exact) mass is 291 g/mol. The van der Waals surface area contributed by atoms with Gasteiger partial charge in [-0.1, -0.05) is 44.2 Å². The lowest BCUT2D eigenvalue weighted by molar-refractivity contribution is -0.148. The number of amides is 1. The molecule has 4 nitrogen and oxygen atoms in total. The van der Waals surface area contributed by atoms with E-state index in [0.717, 1.165) is 12.8 Å². The van der Waals surface area contributed by atoms with Gasteiger partial charge in [0.1, 0.15) is 6.04 Å². The van der Waals surface area contributed by atoms with Gasteiger partial charge in [-0.25, -0.2) is 4.79 Å². The van der Waals surface area contributed by atoms with Crippen molar-refractivity contribution in [2.24, 2.45) is 5.92 Å². The molecule has 1 N–H and O–H groups in total. The van der Waals surface area contributed by atoms with Gasteiger partial charge in [0.15, 0.2) is 0 Å². The van der Waals surface area contributed by atoms with Crippen molar-refractivity contribution in [3.05, 3.63) is 35.9 Å². The van der Waals surface area contributed by atoms with Crippen molar-refractivity contribution in [3.8, 4) is 0 Å². The van der Waals surface area contributed by atoms with E-state index in [1.165, 1.54) is 5.56 Å². The summed E-state index contributed by atoms with van der Waals surface area (Å²) < 4.78 is 5.09. The second kappa shape index (κ2) is 9.16. The first-order chi connectivity index (χ1) is 9.99. The van der Waals surface area contributed by atoms with Gasteiger partial charge in [-0.2, -0.15) is 0 Å². The summed E-state index contributed by atoms with van der Waals surface area (Å²) in [4.78, 5) is 23.4. The molecule has 0 aliphatic carbocycles. The van der Waals surface area contributed by atoms with E-state index >= 15 is 0 Å². The highest BCUT2D eigenvalue weighted by Crippen LogP contribution is 2.04. The number of rotatable bonds is 8. The van der Waals surface area contributed by atoms with Crippen LogP contribution in [0.5, 0.6) is 0 Å². The molecule has 1 unspecified atom stereocenters. The fourth-order valence-corrected chi connectivity index (χ4v) is 1.84. The average Bonchev–Trinajstić information content (AvgIpc) is 2.45. The van der Waals surface area contributed by atoms with Gasteiger partial charge in [-0.3, -0.25) is 4.79 Å². The Morgan fingerprint density at radius 3 is 2.43 bits per heavy atom. The van der Waals surface area contributed by atoms with Crippen molar-refractivity contribution >= 4 is 11.9 Å². The van der Waals surface area contributed by atoms with Crippen LogP contribution < -0.4 is 5.32 Å². The zero-order chi connectivity index (χ0) is 15.7. The Kier molecular flexibility index (Phi) is 7.51. The van der Waals surface area contributed by atoms with Crippen LogP contribution in [0.3, 0.4) is 0 Å². The van der Waals surface area contributed by atoms with E-state index in [1.54, 1.807) is 6.92 Å². The van der Waals surface area contributed by atoms with E-state index in [1.807, 2.05) is 44.2 Å². The molecule has 0 radical (unpaired) electrons. The summed E-state index contributed by atoms with van der Waals surface area (Å²) in [5.41, 5.74) is 1.22. The van der Waals surface area contributed by atoms with Gasteiger partial charge in [0.2, 0.25) is 5.91 Å². The number of nitrogens with one attached hydrogen (secondary N) is 1. The quantitative estimate of drug-likeness (QED) is 0.749. The van der Waals surface area contributed by atoms with Gasteiger partial charge in [0.25, 0.3) is 0 Å². The summed E-state index contributed by atoms with van der Waals surface area (Å²) in [7, 11) is 0. The number of carbonyl (C=O) groups excluding carboxylic acids is 2. The molecule has 0 spiro atoms. The van der Waals surface area contributed by atoms with E-state index in [9.17, 15) is 9.59 Å². The minimum Gasteiger partial charge on any atom is -0.464 e. The first-order valence-electron chi connectivity index (χ1n) is 7.49. The standard InChI is InChI=1S/C17H25NO3/c1-13(2)12-21-17(20)14(3)18-16(19)11-7-10-15-8-5-4-6-9-15/h4-6,8-9,13-14H,7,10-12H2,1-3H3,(H,18,19). The molecule has 0 heterocycles. The van der Waals surface area contributed by atoms with E-state index < -0.39 is 6.04 Å². The molecule has 0 saturated heterocycles. The molecule has 4 heteroatoms. The number of carbonyl (C=O) groups is 2. The first-order valence-corrected chi connectivity index (χ1v) is 7.49. The van der Waals surface area contributed by atoms with Crippen LogP contribution in [0.2, 0.25) is 0 Å². The fourth-order valence-electron chi connectivity index (χ4n) is 1.84.